The molecule has 0 aromatic carbocycles. The van der Waals surface area contributed by atoms with E-state index in [9.17, 15) is 0 Å². The summed E-state index contributed by atoms with van der Waals surface area (Å²) < 4.78 is 0.939. The van der Waals surface area contributed by atoms with Crippen molar-refractivity contribution in [1.29, 1.82) is 0 Å². The van der Waals surface area contributed by atoms with Crippen LogP contribution in [0.15, 0.2) is 46.1 Å². The number of aryl methyl sites for hydroxylation is 1. The largest absolute Gasteiger partial charge is 0.340 e. The lowest BCUT2D eigenvalue weighted by molar-refractivity contribution is 0.582. The highest BCUT2D eigenvalue weighted by atomic mass is 79.9. The summed E-state index contributed by atoms with van der Waals surface area (Å²) in [5.74, 6) is 0.810. The van der Waals surface area contributed by atoms with Gasteiger partial charge in [-0.2, -0.15) is 0 Å². The van der Waals surface area contributed by atoms with Crippen molar-refractivity contribution in [2.45, 2.75) is 19.9 Å². The third kappa shape index (κ3) is 2.92. The third-order valence-electron chi connectivity index (χ3n) is 3.36. The molecule has 0 spiro atoms. The molecule has 5 nitrogen and oxygen atoms in total. The standard InChI is InChI=1S/C15H16BrN5S/c1-4-10(16)5-11-9(3)20-21-13(11)12-7-22-15(19-12)14-17-6-8(2)18-14/h4-7,13,20-21H,1H2,2-3H3,(H,17,18)/b10-5+. The highest BCUT2D eigenvalue weighted by Crippen LogP contribution is 2.32. The summed E-state index contributed by atoms with van der Waals surface area (Å²) in [7, 11) is 0. The summed E-state index contributed by atoms with van der Waals surface area (Å²) >= 11 is 5.06. The molecule has 0 bridgehead atoms. The number of hydrogen-bond acceptors (Lipinski definition) is 5. The number of hydrazine groups is 1. The van der Waals surface area contributed by atoms with Gasteiger partial charge in [0.15, 0.2) is 10.8 Å². The molecule has 0 fully saturated rings. The minimum Gasteiger partial charge on any atom is -0.340 e. The fraction of sp³-hybridized carbons (Fsp3) is 0.200. The molecule has 1 atom stereocenters. The Morgan fingerprint density at radius 1 is 1.45 bits per heavy atom. The van der Waals surface area contributed by atoms with E-state index in [4.69, 9.17) is 4.98 Å². The van der Waals surface area contributed by atoms with Gasteiger partial charge in [-0.1, -0.05) is 28.6 Å². The van der Waals surface area contributed by atoms with E-state index in [2.05, 4.69) is 54.8 Å². The zero-order valence-corrected chi connectivity index (χ0v) is 14.7. The average molecular weight is 378 g/mol. The number of hydrogen-bond donors (Lipinski definition) is 3. The van der Waals surface area contributed by atoms with E-state index in [0.717, 1.165) is 38.0 Å². The van der Waals surface area contributed by atoms with Crippen LogP contribution in [0.3, 0.4) is 0 Å². The maximum absolute atomic E-state index is 4.71. The van der Waals surface area contributed by atoms with Crippen molar-refractivity contribution in [3.05, 3.63) is 57.4 Å². The molecule has 3 heterocycles. The van der Waals surface area contributed by atoms with E-state index < -0.39 is 0 Å². The Balaban J connectivity index is 1.91. The topological polar surface area (TPSA) is 65.6 Å². The number of rotatable bonds is 4. The molecule has 2 aromatic heterocycles. The van der Waals surface area contributed by atoms with Gasteiger partial charge in [0.1, 0.15) is 0 Å². The molecular formula is C15H16BrN5S. The highest BCUT2D eigenvalue weighted by molar-refractivity contribution is 9.11. The van der Waals surface area contributed by atoms with Gasteiger partial charge in [-0.3, -0.25) is 0 Å². The predicted molar refractivity (Wildman–Crippen MR) is 93.4 cm³/mol. The van der Waals surface area contributed by atoms with Gasteiger partial charge in [-0.25, -0.2) is 15.4 Å². The van der Waals surface area contributed by atoms with Crippen molar-refractivity contribution in [3.8, 4) is 10.8 Å². The second-order valence-corrected chi connectivity index (χ2v) is 6.78. The molecular weight excluding hydrogens is 362 g/mol. The lowest BCUT2D eigenvalue weighted by Crippen LogP contribution is -2.26. The van der Waals surface area contributed by atoms with Crippen molar-refractivity contribution in [1.82, 2.24) is 25.8 Å². The van der Waals surface area contributed by atoms with Crippen LogP contribution in [0.25, 0.3) is 10.8 Å². The zero-order chi connectivity index (χ0) is 15.7. The van der Waals surface area contributed by atoms with E-state index in [-0.39, 0.29) is 6.04 Å². The third-order valence-corrected chi connectivity index (χ3v) is 4.78. The molecule has 0 radical (unpaired) electrons. The van der Waals surface area contributed by atoms with Gasteiger partial charge in [-0.05, 0) is 25.5 Å². The molecule has 1 unspecified atom stereocenters. The number of H-pyrrole nitrogens is 1. The molecule has 0 saturated carbocycles. The van der Waals surface area contributed by atoms with Crippen molar-refractivity contribution in [2.24, 2.45) is 0 Å². The van der Waals surface area contributed by atoms with Gasteiger partial charge < -0.3 is 10.4 Å². The number of nitrogens with zero attached hydrogens (tertiary/aromatic N) is 2. The van der Waals surface area contributed by atoms with Crippen molar-refractivity contribution in [2.75, 3.05) is 0 Å². The van der Waals surface area contributed by atoms with Gasteiger partial charge in [-0.15, -0.1) is 11.3 Å². The summed E-state index contributed by atoms with van der Waals surface area (Å²) in [6, 6.07) is 0.00793. The molecule has 3 rings (SSSR count). The molecule has 1 aliphatic heterocycles. The number of imidazole rings is 1. The van der Waals surface area contributed by atoms with E-state index in [1.807, 2.05) is 20.0 Å². The van der Waals surface area contributed by atoms with Crippen LogP contribution in [0, 0.1) is 6.92 Å². The SMILES string of the molecule is C=C/C(Br)=C\C1=C(C)NNC1c1csc(-c2ncc(C)[nH]2)n1. The van der Waals surface area contributed by atoms with Crippen molar-refractivity contribution < 1.29 is 0 Å². The van der Waals surface area contributed by atoms with E-state index in [1.54, 1.807) is 17.4 Å². The lowest BCUT2D eigenvalue weighted by atomic mass is 10.0. The number of nitrogens with one attached hydrogen (secondary N) is 3. The smallest absolute Gasteiger partial charge is 0.166 e. The monoisotopic (exact) mass is 377 g/mol. The van der Waals surface area contributed by atoms with E-state index >= 15 is 0 Å². The molecule has 0 amide bonds. The van der Waals surface area contributed by atoms with Crippen LogP contribution in [-0.2, 0) is 0 Å². The molecule has 3 N–H and O–H groups in total. The highest BCUT2D eigenvalue weighted by Gasteiger charge is 2.25. The molecule has 22 heavy (non-hydrogen) atoms. The summed E-state index contributed by atoms with van der Waals surface area (Å²) in [6.07, 6.45) is 5.63. The van der Waals surface area contributed by atoms with Crippen LogP contribution in [0.5, 0.6) is 0 Å². The number of aromatic amines is 1. The number of allylic oxidation sites excluding steroid dienone is 3. The van der Waals surface area contributed by atoms with Gasteiger partial charge in [0.2, 0.25) is 0 Å². The first-order valence-corrected chi connectivity index (χ1v) is 8.45. The van der Waals surface area contributed by atoms with E-state index in [0.29, 0.717) is 0 Å². The second kappa shape index (κ2) is 6.20. The number of halogens is 1. The van der Waals surface area contributed by atoms with Gasteiger partial charge in [0.05, 0.1) is 11.7 Å². The van der Waals surface area contributed by atoms with Crippen LogP contribution < -0.4 is 10.9 Å². The predicted octanol–water partition coefficient (Wildman–Crippen LogP) is 3.73. The number of thiazole rings is 1. The summed E-state index contributed by atoms with van der Waals surface area (Å²) in [6.45, 7) is 7.78. The average Bonchev–Trinajstić information content (AvgIpc) is 3.20. The van der Waals surface area contributed by atoms with Gasteiger partial charge in [0, 0.05) is 27.5 Å². The fourth-order valence-corrected chi connectivity index (χ4v) is 3.27. The Kier molecular flexibility index (Phi) is 4.28. The molecule has 0 aliphatic carbocycles. The minimum atomic E-state index is 0.00793. The quantitative estimate of drug-likeness (QED) is 0.710. The van der Waals surface area contributed by atoms with E-state index in [1.165, 1.54) is 0 Å². The van der Waals surface area contributed by atoms with Crippen LogP contribution in [-0.4, -0.2) is 15.0 Å². The Morgan fingerprint density at radius 3 is 2.95 bits per heavy atom. The summed E-state index contributed by atoms with van der Waals surface area (Å²) in [5.41, 5.74) is 10.6. The normalized spacial score (nSPS) is 18.7. The first-order valence-electron chi connectivity index (χ1n) is 6.78. The molecule has 0 saturated heterocycles. The summed E-state index contributed by atoms with van der Waals surface area (Å²) in [4.78, 5) is 12.3. The molecule has 7 heteroatoms. The Labute approximate surface area is 141 Å². The van der Waals surface area contributed by atoms with Crippen LogP contribution >= 0.6 is 27.3 Å². The summed E-state index contributed by atoms with van der Waals surface area (Å²) in [5, 5.41) is 2.95. The fourth-order valence-electron chi connectivity index (χ4n) is 2.23. The van der Waals surface area contributed by atoms with Gasteiger partial charge >= 0.3 is 0 Å². The Hall–Kier alpha value is -1.70. The molecule has 114 valence electrons. The Morgan fingerprint density at radius 2 is 2.27 bits per heavy atom. The molecule has 2 aromatic rings. The van der Waals surface area contributed by atoms with Crippen molar-refractivity contribution >= 4 is 27.3 Å². The zero-order valence-electron chi connectivity index (χ0n) is 12.3. The minimum absolute atomic E-state index is 0.00793. The first-order chi connectivity index (χ1) is 10.6. The van der Waals surface area contributed by atoms with Crippen molar-refractivity contribution in [3.63, 3.8) is 0 Å². The molecule has 1 aliphatic rings. The first kappa shape index (κ1) is 15.2. The van der Waals surface area contributed by atoms with Crippen LogP contribution in [0.2, 0.25) is 0 Å². The van der Waals surface area contributed by atoms with Crippen LogP contribution in [0.1, 0.15) is 24.4 Å². The van der Waals surface area contributed by atoms with Crippen LogP contribution in [0.4, 0.5) is 0 Å². The maximum atomic E-state index is 4.71. The maximum Gasteiger partial charge on any atom is 0.166 e. The Bertz CT molecular complexity index is 770. The second-order valence-electron chi connectivity index (χ2n) is 5.01. The lowest BCUT2D eigenvalue weighted by Gasteiger charge is -2.09. The number of aromatic nitrogens is 3. The van der Waals surface area contributed by atoms with Gasteiger partial charge in [0.25, 0.3) is 0 Å².